The first-order valence-corrected chi connectivity index (χ1v) is 7.16. The average molecular weight is 278 g/mol. The molecule has 0 unspecified atom stereocenters. The second kappa shape index (κ2) is 9.50. The summed E-state index contributed by atoms with van der Waals surface area (Å²) in [5.74, 6) is 0.601. The van der Waals surface area contributed by atoms with Crippen LogP contribution in [0.2, 0.25) is 0 Å². The van der Waals surface area contributed by atoms with Gasteiger partial charge in [0.1, 0.15) is 0 Å². The molecule has 0 fully saturated rings. The molecule has 0 radical (unpaired) electrons. The molecule has 1 aromatic carbocycles. The largest absolute Gasteiger partial charge is 0.380 e. The van der Waals surface area contributed by atoms with Crippen LogP contribution in [0.4, 0.5) is 0 Å². The van der Waals surface area contributed by atoms with E-state index in [-0.39, 0.29) is 5.91 Å². The Morgan fingerprint density at radius 1 is 1.25 bits per heavy atom. The number of amides is 1. The van der Waals surface area contributed by atoms with E-state index in [0.717, 1.165) is 13.1 Å². The molecule has 4 heteroatoms. The standard InChI is InChI=1S/C16H26N2O2/c1-13(2)10-18-16(19)8-9-17-11-14-6-4-5-7-15(14)12-20-3/h4-7,13,17H,8-12H2,1-3H3,(H,18,19). The van der Waals surface area contributed by atoms with Crippen molar-refractivity contribution in [3.05, 3.63) is 35.4 Å². The van der Waals surface area contributed by atoms with Gasteiger partial charge < -0.3 is 15.4 Å². The summed E-state index contributed by atoms with van der Waals surface area (Å²) in [5, 5.41) is 6.22. The highest BCUT2D eigenvalue weighted by molar-refractivity contribution is 5.76. The first-order chi connectivity index (χ1) is 9.63. The Morgan fingerprint density at radius 2 is 1.95 bits per heavy atom. The average Bonchev–Trinajstić information content (AvgIpc) is 2.43. The molecule has 0 aliphatic carbocycles. The molecule has 0 saturated carbocycles. The molecule has 0 spiro atoms. The van der Waals surface area contributed by atoms with Gasteiger partial charge in [-0.25, -0.2) is 0 Å². The van der Waals surface area contributed by atoms with Crippen LogP contribution in [0.1, 0.15) is 31.4 Å². The molecule has 0 aliphatic rings. The topological polar surface area (TPSA) is 50.4 Å². The second-order valence-corrected chi connectivity index (χ2v) is 5.33. The van der Waals surface area contributed by atoms with Crippen molar-refractivity contribution in [2.24, 2.45) is 5.92 Å². The van der Waals surface area contributed by atoms with E-state index >= 15 is 0 Å². The van der Waals surface area contributed by atoms with Crippen molar-refractivity contribution in [3.8, 4) is 0 Å². The summed E-state index contributed by atoms with van der Waals surface area (Å²) in [6.07, 6.45) is 0.513. The molecule has 20 heavy (non-hydrogen) atoms. The molecule has 1 rings (SSSR count). The highest BCUT2D eigenvalue weighted by Crippen LogP contribution is 2.09. The van der Waals surface area contributed by atoms with Gasteiger partial charge in [0.2, 0.25) is 5.91 Å². The van der Waals surface area contributed by atoms with E-state index in [9.17, 15) is 4.79 Å². The van der Waals surface area contributed by atoms with Crippen LogP contribution in [0.25, 0.3) is 0 Å². The number of ether oxygens (including phenoxy) is 1. The fourth-order valence-electron chi connectivity index (χ4n) is 1.86. The SMILES string of the molecule is COCc1ccccc1CNCCC(=O)NCC(C)C. The second-order valence-electron chi connectivity index (χ2n) is 5.33. The Bertz CT molecular complexity index is 405. The fourth-order valence-corrected chi connectivity index (χ4v) is 1.86. The van der Waals surface area contributed by atoms with Crippen molar-refractivity contribution in [2.45, 2.75) is 33.4 Å². The van der Waals surface area contributed by atoms with Crippen LogP contribution in [-0.2, 0) is 22.7 Å². The lowest BCUT2D eigenvalue weighted by molar-refractivity contribution is -0.121. The van der Waals surface area contributed by atoms with E-state index in [1.54, 1.807) is 7.11 Å². The van der Waals surface area contributed by atoms with Gasteiger partial charge in [0, 0.05) is 33.2 Å². The van der Waals surface area contributed by atoms with Gasteiger partial charge >= 0.3 is 0 Å². The highest BCUT2D eigenvalue weighted by Gasteiger charge is 2.03. The number of rotatable bonds is 9. The summed E-state index contributed by atoms with van der Waals surface area (Å²) < 4.78 is 5.18. The first-order valence-electron chi connectivity index (χ1n) is 7.16. The number of carbonyl (C=O) groups excluding carboxylic acids is 1. The first kappa shape index (κ1) is 16.7. The summed E-state index contributed by atoms with van der Waals surface area (Å²) in [5.41, 5.74) is 2.41. The molecular weight excluding hydrogens is 252 g/mol. The van der Waals surface area contributed by atoms with E-state index in [4.69, 9.17) is 4.74 Å². The molecule has 0 aliphatic heterocycles. The lowest BCUT2D eigenvalue weighted by Crippen LogP contribution is -2.30. The number of hydrogen-bond acceptors (Lipinski definition) is 3. The van der Waals surface area contributed by atoms with Gasteiger partial charge in [-0.05, 0) is 17.0 Å². The summed E-state index contributed by atoms with van der Waals surface area (Å²) in [6.45, 7) is 6.99. The van der Waals surface area contributed by atoms with Gasteiger partial charge in [-0.1, -0.05) is 38.1 Å². The smallest absolute Gasteiger partial charge is 0.221 e. The molecule has 1 aromatic rings. The summed E-state index contributed by atoms with van der Waals surface area (Å²) in [4.78, 5) is 11.6. The number of methoxy groups -OCH3 is 1. The maximum atomic E-state index is 11.6. The number of nitrogens with one attached hydrogen (secondary N) is 2. The zero-order valence-corrected chi connectivity index (χ0v) is 12.7. The maximum absolute atomic E-state index is 11.6. The van der Waals surface area contributed by atoms with Crippen LogP contribution in [0.15, 0.2) is 24.3 Å². The third-order valence-corrected chi connectivity index (χ3v) is 2.97. The molecule has 0 heterocycles. The van der Waals surface area contributed by atoms with E-state index in [2.05, 4.69) is 36.6 Å². The molecule has 0 aromatic heterocycles. The summed E-state index contributed by atoms with van der Waals surface area (Å²) in [6, 6.07) is 8.18. The van der Waals surface area contributed by atoms with Crippen molar-refractivity contribution < 1.29 is 9.53 Å². The molecule has 0 saturated heterocycles. The van der Waals surface area contributed by atoms with Crippen LogP contribution in [0.3, 0.4) is 0 Å². The van der Waals surface area contributed by atoms with Crippen molar-refractivity contribution in [1.29, 1.82) is 0 Å². The monoisotopic (exact) mass is 278 g/mol. The van der Waals surface area contributed by atoms with E-state index in [0.29, 0.717) is 25.5 Å². The quantitative estimate of drug-likeness (QED) is 0.680. The minimum absolute atomic E-state index is 0.108. The molecule has 0 bridgehead atoms. The fraction of sp³-hybridized carbons (Fsp3) is 0.562. The minimum Gasteiger partial charge on any atom is -0.380 e. The third kappa shape index (κ3) is 6.68. The Morgan fingerprint density at radius 3 is 2.60 bits per heavy atom. The van der Waals surface area contributed by atoms with Gasteiger partial charge in [-0.2, -0.15) is 0 Å². The molecular formula is C16H26N2O2. The van der Waals surface area contributed by atoms with Crippen LogP contribution < -0.4 is 10.6 Å². The van der Waals surface area contributed by atoms with Crippen LogP contribution in [-0.4, -0.2) is 26.1 Å². The predicted octanol–water partition coefficient (Wildman–Crippen LogP) is 2.08. The van der Waals surface area contributed by atoms with Gasteiger partial charge in [-0.3, -0.25) is 4.79 Å². The zero-order chi connectivity index (χ0) is 14.8. The van der Waals surface area contributed by atoms with Crippen LogP contribution >= 0.6 is 0 Å². The predicted molar refractivity (Wildman–Crippen MR) is 81.3 cm³/mol. The lowest BCUT2D eigenvalue weighted by atomic mass is 10.1. The van der Waals surface area contributed by atoms with Crippen molar-refractivity contribution in [1.82, 2.24) is 10.6 Å². The Balaban J connectivity index is 2.25. The minimum atomic E-state index is 0.108. The molecule has 4 nitrogen and oxygen atoms in total. The maximum Gasteiger partial charge on any atom is 0.221 e. The molecule has 2 N–H and O–H groups in total. The zero-order valence-electron chi connectivity index (χ0n) is 12.7. The molecule has 112 valence electrons. The van der Waals surface area contributed by atoms with Gasteiger partial charge in [0.05, 0.1) is 6.61 Å². The molecule has 0 atom stereocenters. The van der Waals surface area contributed by atoms with Gasteiger partial charge in [-0.15, -0.1) is 0 Å². The van der Waals surface area contributed by atoms with E-state index < -0.39 is 0 Å². The number of hydrogen-bond donors (Lipinski definition) is 2. The van der Waals surface area contributed by atoms with Crippen molar-refractivity contribution in [3.63, 3.8) is 0 Å². The molecule has 1 amide bonds. The highest BCUT2D eigenvalue weighted by atomic mass is 16.5. The summed E-state index contributed by atoms with van der Waals surface area (Å²) >= 11 is 0. The summed E-state index contributed by atoms with van der Waals surface area (Å²) in [7, 11) is 1.70. The van der Waals surface area contributed by atoms with Gasteiger partial charge in [0.15, 0.2) is 0 Å². The lowest BCUT2D eigenvalue weighted by Gasteiger charge is -2.10. The van der Waals surface area contributed by atoms with Gasteiger partial charge in [0.25, 0.3) is 0 Å². The van der Waals surface area contributed by atoms with Crippen LogP contribution in [0, 0.1) is 5.92 Å². The van der Waals surface area contributed by atoms with Crippen molar-refractivity contribution in [2.75, 3.05) is 20.2 Å². The number of carbonyl (C=O) groups is 1. The number of benzene rings is 1. The van der Waals surface area contributed by atoms with E-state index in [1.165, 1.54) is 11.1 Å². The normalized spacial score (nSPS) is 10.8. The van der Waals surface area contributed by atoms with Crippen LogP contribution in [0.5, 0.6) is 0 Å². The Kier molecular flexibility index (Phi) is 7.92. The Labute approximate surface area is 121 Å². The third-order valence-electron chi connectivity index (χ3n) is 2.97. The van der Waals surface area contributed by atoms with E-state index in [1.807, 2.05) is 12.1 Å². The Hall–Kier alpha value is -1.39. The van der Waals surface area contributed by atoms with Crippen molar-refractivity contribution >= 4 is 5.91 Å².